The van der Waals surface area contributed by atoms with E-state index in [1.165, 1.54) is 17.4 Å². The van der Waals surface area contributed by atoms with Crippen LogP contribution in [-0.2, 0) is 4.79 Å². The molecule has 0 atom stereocenters. The van der Waals surface area contributed by atoms with E-state index < -0.39 is 0 Å². The van der Waals surface area contributed by atoms with Crippen LogP contribution < -0.4 is 10.2 Å². The van der Waals surface area contributed by atoms with Gasteiger partial charge in [0.15, 0.2) is 0 Å². The third kappa shape index (κ3) is 4.04. The lowest BCUT2D eigenvalue weighted by Gasteiger charge is -2.36. The predicted octanol–water partition coefficient (Wildman–Crippen LogP) is 2.29. The Morgan fingerprint density at radius 2 is 2.07 bits per heavy atom. The van der Waals surface area contributed by atoms with Crippen molar-refractivity contribution in [1.82, 2.24) is 20.1 Å². The van der Waals surface area contributed by atoms with Crippen molar-refractivity contribution in [2.45, 2.75) is 6.92 Å². The van der Waals surface area contributed by atoms with Crippen molar-refractivity contribution < 1.29 is 9.18 Å². The summed E-state index contributed by atoms with van der Waals surface area (Å²) in [5, 5.41) is 11.6. The van der Waals surface area contributed by atoms with Crippen molar-refractivity contribution >= 4 is 39.0 Å². The van der Waals surface area contributed by atoms with Crippen LogP contribution in [0.15, 0.2) is 29.8 Å². The number of carbonyl (C=O) groups excluding carboxylic acids is 1. The summed E-state index contributed by atoms with van der Waals surface area (Å²) in [5.41, 5.74) is 4.28. The molecule has 3 heterocycles. The minimum atomic E-state index is -0.263. The maximum Gasteiger partial charge on any atom is 0.240 e. The number of rotatable bonds is 4. The van der Waals surface area contributed by atoms with E-state index in [2.05, 4.69) is 30.3 Å². The summed E-state index contributed by atoms with van der Waals surface area (Å²) in [7, 11) is 0. The van der Waals surface area contributed by atoms with E-state index in [1.54, 1.807) is 17.6 Å². The zero-order valence-corrected chi connectivity index (χ0v) is 15.7. The summed E-state index contributed by atoms with van der Waals surface area (Å²) in [5.74, 6) is -0.353. The molecule has 4 rings (SSSR count). The molecule has 1 aliphatic heterocycles. The third-order valence-electron chi connectivity index (χ3n) is 4.56. The smallest absolute Gasteiger partial charge is 0.240 e. The van der Waals surface area contributed by atoms with Crippen LogP contribution in [0.2, 0.25) is 0 Å². The van der Waals surface area contributed by atoms with Crippen molar-refractivity contribution in [3.8, 4) is 0 Å². The molecule has 140 valence electrons. The molecule has 2 aromatic heterocycles. The first-order valence-electron chi connectivity index (χ1n) is 8.69. The second-order valence-corrected chi connectivity index (χ2v) is 7.33. The molecular weight excluding hydrogens is 367 g/mol. The number of nitrogens with zero attached hydrogens (tertiary/aromatic N) is 5. The van der Waals surface area contributed by atoms with E-state index in [4.69, 9.17) is 0 Å². The normalized spacial score (nSPS) is 15.3. The Balaban J connectivity index is 1.43. The van der Waals surface area contributed by atoms with Gasteiger partial charge in [0.25, 0.3) is 0 Å². The highest BCUT2D eigenvalue weighted by Crippen LogP contribution is 2.28. The molecule has 0 spiro atoms. The molecule has 1 aromatic carbocycles. The van der Waals surface area contributed by atoms with Crippen LogP contribution in [0.25, 0.3) is 10.9 Å². The van der Waals surface area contributed by atoms with Crippen LogP contribution in [0.3, 0.4) is 0 Å². The van der Waals surface area contributed by atoms with E-state index in [9.17, 15) is 9.18 Å². The second kappa shape index (κ2) is 7.53. The minimum Gasteiger partial charge on any atom is -0.368 e. The van der Waals surface area contributed by atoms with Gasteiger partial charge in [0.1, 0.15) is 11.3 Å². The number of carbonyl (C=O) groups is 1. The van der Waals surface area contributed by atoms with Gasteiger partial charge in [-0.1, -0.05) is 11.3 Å². The number of pyridine rings is 1. The fourth-order valence-corrected chi connectivity index (χ4v) is 3.77. The van der Waals surface area contributed by atoms with Gasteiger partial charge < -0.3 is 4.90 Å². The van der Waals surface area contributed by atoms with E-state index >= 15 is 0 Å². The number of amides is 1. The molecule has 9 heteroatoms. The van der Waals surface area contributed by atoms with E-state index in [0.29, 0.717) is 11.7 Å². The Hall–Kier alpha value is -2.65. The molecule has 1 fully saturated rings. The molecule has 7 nitrogen and oxygen atoms in total. The average molecular weight is 386 g/mol. The van der Waals surface area contributed by atoms with Gasteiger partial charge in [0.05, 0.1) is 12.1 Å². The van der Waals surface area contributed by atoms with Gasteiger partial charge in [0.2, 0.25) is 11.0 Å². The van der Waals surface area contributed by atoms with Gasteiger partial charge in [-0.05, 0) is 31.2 Å². The lowest BCUT2D eigenvalue weighted by atomic mass is 10.1. The number of aryl methyl sites for hydroxylation is 1. The molecule has 1 saturated heterocycles. The SMILES string of the molecule is Cc1cc(N2CCN(CC(=O)Nc3nncs3)CC2)c2cc(F)ccc2n1. The number of piperazine rings is 1. The lowest BCUT2D eigenvalue weighted by Crippen LogP contribution is -2.48. The molecule has 1 aliphatic rings. The number of nitrogens with one attached hydrogen (secondary N) is 1. The topological polar surface area (TPSA) is 74.2 Å². The Bertz CT molecular complexity index is 956. The molecule has 0 bridgehead atoms. The fourth-order valence-electron chi connectivity index (χ4n) is 3.31. The number of halogens is 1. The number of hydrogen-bond donors (Lipinski definition) is 1. The summed E-state index contributed by atoms with van der Waals surface area (Å²) < 4.78 is 13.7. The predicted molar refractivity (Wildman–Crippen MR) is 104 cm³/mol. The summed E-state index contributed by atoms with van der Waals surface area (Å²) in [6, 6.07) is 6.70. The number of aromatic nitrogens is 3. The lowest BCUT2D eigenvalue weighted by molar-refractivity contribution is -0.117. The van der Waals surface area contributed by atoms with Crippen LogP contribution in [0, 0.1) is 12.7 Å². The number of fused-ring (bicyclic) bond motifs is 1. The maximum absolute atomic E-state index is 13.7. The average Bonchev–Trinajstić information content (AvgIpc) is 3.15. The first-order chi connectivity index (χ1) is 13.1. The molecule has 0 unspecified atom stereocenters. The van der Waals surface area contributed by atoms with Gasteiger partial charge >= 0.3 is 0 Å². The summed E-state index contributed by atoms with van der Waals surface area (Å²) in [6.45, 7) is 5.30. The zero-order valence-electron chi connectivity index (χ0n) is 14.9. The number of benzene rings is 1. The second-order valence-electron chi connectivity index (χ2n) is 6.50. The van der Waals surface area contributed by atoms with E-state index in [-0.39, 0.29) is 11.7 Å². The molecular formula is C18H19FN6OS. The van der Waals surface area contributed by atoms with Crippen molar-refractivity contribution in [3.05, 3.63) is 41.3 Å². The zero-order chi connectivity index (χ0) is 18.8. The highest BCUT2D eigenvalue weighted by molar-refractivity contribution is 7.13. The minimum absolute atomic E-state index is 0.0903. The first-order valence-corrected chi connectivity index (χ1v) is 9.57. The Morgan fingerprint density at radius 3 is 2.81 bits per heavy atom. The maximum atomic E-state index is 13.7. The van der Waals surface area contributed by atoms with Crippen molar-refractivity contribution in [2.24, 2.45) is 0 Å². The summed E-state index contributed by atoms with van der Waals surface area (Å²) in [4.78, 5) is 20.9. The van der Waals surface area contributed by atoms with Gasteiger partial charge in [-0.15, -0.1) is 10.2 Å². The van der Waals surface area contributed by atoms with Crippen molar-refractivity contribution in [1.29, 1.82) is 0 Å². The van der Waals surface area contributed by atoms with E-state index in [1.807, 2.05) is 13.0 Å². The standard InChI is InChI=1S/C18H19FN6OS/c1-12-8-16(14-9-13(19)2-3-15(14)21-12)25-6-4-24(5-7-25)10-17(26)22-18-23-20-11-27-18/h2-3,8-9,11H,4-7,10H2,1H3,(H,22,23,26). The monoisotopic (exact) mass is 386 g/mol. The van der Waals surface area contributed by atoms with Crippen LogP contribution in [-0.4, -0.2) is 58.7 Å². The molecule has 27 heavy (non-hydrogen) atoms. The fraction of sp³-hybridized carbons (Fsp3) is 0.333. The Morgan fingerprint density at radius 1 is 1.26 bits per heavy atom. The summed E-state index contributed by atoms with van der Waals surface area (Å²) >= 11 is 1.30. The molecule has 0 saturated carbocycles. The Labute approximate surface area is 159 Å². The molecule has 3 aromatic rings. The number of hydrogen-bond acceptors (Lipinski definition) is 7. The highest BCUT2D eigenvalue weighted by atomic mass is 32.1. The van der Waals surface area contributed by atoms with Gasteiger partial charge in [-0.3, -0.25) is 20.0 Å². The van der Waals surface area contributed by atoms with Gasteiger partial charge in [-0.2, -0.15) is 0 Å². The largest absolute Gasteiger partial charge is 0.368 e. The van der Waals surface area contributed by atoms with Crippen LogP contribution in [0.5, 0.6) is 0 Å². The van der Waals surface area contributed by atoms with Crippen molar-refractivity contribution in [3.63, 3.8) is 0 Å². The highest BCUT2D eigenvalue weighted by Gasteiger charge is 2.21. The third-order valence-corrected chi connectivity index (χ3v) is 5.17. The molecule has 1 amide bonds. The Kier molecular flexibility index (Phi) is 4.95. The van der Waals surface area contributed by atoms with E-state index in [0.717, 1.165) is 48.5 Å². The van der Waals surface area contributed by atoms with Crippen LogP contribution in [0.4, 0.5) is 15.2 Å². The van der Waals surface area contributed by atoms with Crippen LogP contribution >= 0.6 is 11.3 Å². The van der Waals surface area contributed by atoms with Crippen LogP contribution in [0.1, 0.15) is 5.69 Å². The quantitative estimate of drug-likeness (QED) is 0.742. The molecule has 1 N–H and O–H groups in total. The van der Waals surface area contributed by atoms with Gasteiger partial charge in [-0.25, -0.2) is 4.39 Å². The molecule has 0 radical (unpaired) electrons. The van der Waals surface area contributed by atoms with Gasteiger partial charge in [0, 0.05) is 42.9 Å². The number of anilines is 2. The first kappa shape index (κ1) is 17.7. The molecule has 0 aliphatic carbocycles. The summed E-state index contributed by atoms with van der Waals surface area (Å²) in [6.07, 6.45) is 0. The van der Waals surface area contributed by atoms with Crippen molar-refractivity contribution in [2.75, 3.05) is 42.9 Å².